The standard InChI is InChI=1S/C18H26N2O3S/c1-14-15(4-13-24-14)16(21)19-9-6-18(7-10-19)5-3-8-20(17(18)22)11-12-23-2/h4,13H,3,5-12H2,1-2H3. The number of piperidine rings is 2. The molecule has 24 heavy (non-hydrogen) atoms. The van der Waals surface area contributed by atoms with Crippen LogP contribution in [0.5, 0.6) is 0 Å². The average Bonchev–Trinajstić information content (AvgIpc) is 3.02. The Morgan fingerprint density at radius 2 is 2.04 bits per heavy atom. The van der Waals surface area contributed by atoms with Gasteiger partial charge in [-0.2, -0.15) is 0 Å². The van der Waals surface area contributed by atoms with Crippen LogP contribution in [0.2, 0.25) is 0 Å². The number of rotatable bonds is 4. The van der Waals surface area contributed by atoms with Gasteiger partial charge in [-0.1, -0.05) is 0 Å². The summed E-state index contributed by atoms with van der Waals surface area (Å²) in [5.41, 5.74) is 0.555. The Bertz CT molecular complexity index is 605. The van der Waals surface area contributed by atoms with Crippen LogP contribution in [0, 0.1) is 12.3 Å². The molecule has 0 saturated carbocycles. The lowest BCUT2D eigenvalue weighted by Crippen LogP contribution is -2.54. The Hall–Kier alpha value is -1.40. The molecule has 3 heterocycles. The van der Waals surface area contributed by atoms with E-state index in [1.165, 1.54) is 0 Å². The fourth-order valence-electron chi connectivity index (χ4n) is 3.95. The Labute approximate surface area is 147 Å². The molecule has 0 unspecified atom stereocenters. The Morgan fingerprint density at radius 3 is 2.67 bits per heavy atom. The number of methoxy groups -OCH3 is 1. The minimum atomic E-state index is -0.257. The number of nitrogens with zero attached hydrogens (tertiary/aromatic N) is 2. The van der Waals surface area contributed by atoms with Crippen molar-refractivity contribution in [2.24, 2.45) is 5.41 Å². The van der Waals surface area contributed by atoms with Crippen LogP contribution in [0.25, 0.3) is 0 Å². The summed E-state index contributed by atoms with van der Waals surface area (Å²) in [7, 11) is 1.67. The average molecular weight is 350 g/mol. The summed E-state index contributed by atoms with van der Waals surface area (Å²) in [5.74, 6) is 0.382. The van der Waals surface area contributed by atoms with E-state index in [-0.39, 0.29) is 17.2 Å². The first-order chi connectivity index (χ1) is 11.6. The maximum Gasteiger partial charge on any atom is 0.254 e. The molecule has 1 aromatic heterocycles. The molecule has 0 aromatic carbocycles. The molecule has 2 fully saturated rings. The van der Waals surface area contributed by atoms with Gasteiger partial charge in [-0.15, -0.1) is 11.3 Å². The fourth-order valence-corrected chi connectivity index (χ4v) is 4.64. The van der Waals surface area contributed by atoms with Crippen molar-refractivity contribution in [3.63, 3.8) is 0 Å². The van der Waals surface area contributed by atoms with E-state index in [9.17, 15) is 9.59 Å². The lowest BCUT2D eigenvalue weighted by atomic mass is 9.71. The van der Waals surface area contributed by atoms with Crippen molar-refractivity contribution < 1.29 is 14.3 Å². The number of carbonyl (C=O) groups is 2. The molecule has 1 aromatic rings. The van der Waals surface area contributed by atoms with Gasteiger partial charge in [-0.3, -0.25) is 9.59 Å². The molecule has 0 bridgehead atoms. The lowest BCUT2D eigenvalue weighted by Gasteiger charge is -2.46. The highest BCUT2D eigenvalue weighted by molar-refractivity contribution is 7.10. The molecular formula is C18H26N2O3S. The van der Waals surface area contributed by atoms with Crippen LogP contribution in [-0.2, 0) is 9.53 Å². The number of ether oxygens (including phenoxy) is 1. The van der Waals surface area contributed by atoms with Gasteiger partial charge in [0, 0.05) is 38.2 Å². The van der Waals surface area contributed by atoms with Crippen molar-refractivity contribution in [3.05, 3.63) is 21.9 Å². The summed E-state index contributed by atoms with van der Waals surface area (Å²) in [6, 6.07) is 1.91. The first-order valence-electron chi connectivity index (χ1n) is 8.69. The summed E-state index contributed by atoms with van der Waals surface area (Å²) in [5, 5.41) is 1.96. The highest BCUT2D eigenvalue weighted by atomic mass is 32.1. The van der Waals surface area contributed by atoms with Gasteiger partial charge in [0.25, 0.3) is 5.91 Å². The normalized spacial score (nSPS) is 20.7. The third-order valence-corrected chi connectivity index (χ3v) is 6.33. The first kappa shape index (κ1) is 17.4. The van der Waals surface area contributed by atoms with Crippen LogP contribution in [0.4, 0.5) is 0 Å². The predicted molar refractivity (Wildman–Crippen MR) is 94.3 cm³/mol. The molecule has 2 amide bonds. The monoisotopic (exact) mass is 350 g/mol. The number of hydrogen-bond acceptors (Lipinski definition) is 4. The van der Waals surface area contributed by atoms with Gasteiger partial charge in [0.1, 0.15) is 0 Å². The van der Waals surface area contributed by atoms with E-state index in [4.69, 9.17) is 4.74 Å². The minimum absolute atomic E-state index is 0.114. The van der Waals surface area contributed by atoms with Crippen molar-refractivity contribution in [2.75, 3.05) is 39.9 Å². The third kappa shape index (κ3) is 3.22. The summed E-state index contributed by atoms with van der Waals surface area (Å²) < 4.78 is 5.12. The van der Waals surface area contributed by atoms with Crippen LogP contribution >= 0.6 is 11.3 Å². The maximum atomic E-state index is 12.9. The number of thiophene rings is 1. The number of hydrogen-bond donors (Lipinski definition) is 0. The topological polar surface area (TPSA) is 49.9 Å². The Balaban J connectivity index is 1.64. The van der Waals surface area contributed by atoms with Crippen molar-refractivity contribution in [2.45, 2.75) is 32.6 Å². The smallest absolute Gasteiger partial charge is 0.254 e. The van der Waals surface area contributed by atoms with Gasteiger partial charge in [0.15, 0.2) is 0 Å². The molecule has 0 aliphatic carbocycles. The quantitative estimate of drug-likeness (QED) is 0.838. The van der Waals surface area contributed by atoms with Crippen molar-refractivity contribution >= 4 is 23.2 Å². The number of amides is 2. The van der Waals surface area contributed by atoms with E-state index in [1.807, 2.05) is 28.2 Å². The number of aryl methyl sites for hydroxylation is 1. The molecule has 0 N–H and O–H groups in total. The highest BCUT2D eigenvalue weighted by Gasteiger charge is 2.46. The van der Waals surface area contributed by atoms with Crippen molar-refractivity contribution in [3.8, 4) is 0 Å². The molecular weight excluding hydrogens is 324 g/mol. The molecule has 132 valence electrons. The summed E-state index contributed by atoms with van der Waals surface area (Å²) in [6.45, 7) is 5.44. The maximum absolute atomic E-state index is 12.9. The van der Waals surface area contributed by atoms with Crippen molar-refractivity contribution in [1.29, 1.82) is 0 Å². The third-order valence-electron chi connectivity index (χ3n) is 5.49. The van der Waals surface area contributed by atoms with Crippen LogP contribution in [-0.4, -0.2) is 61.5 Å². The molecule has 2 aliphatic rings. The van der Waals surface area contributed by atoms with E-state index in [1.54, 1.807) is 18.4 Å². The highest BCUT2D eigenvalue weighted by Crippen LogP contribution is 2.41. The van der Waals surface area contributed by atoms with Crippen LogP contribution in [0.15, 0.2) is 11.4 Å². The predicted octanol–water partition coefficient (Wildman–Crippen LogP) is 2.55. The second-order valence-electron chi connectivity index (χ2n) is 6.85. The van der Waals surface area contributed by atoms with Crippen LogP contribution in [0.3, 0.4) is 0 Å². The van der Waals surface area contributed by atoms with Crippen LogP contribution < -0.4 is 0 Å². The SMILES string of the molecule is COCCN1CCCC2(CCN(C(=O)c3ccsc3C)CC2)C1=O. The van der Waals surface area contributed by atoms with E-state index >= 15 is 0 Å². The van der Waals surface area contributed by atoms with Gasteiger partial charge in [-0.25, -0.2) is 0 Å². The molecule has 2 saturated heterocycles. The van der Waals surface area contributed by atoms with Crippen molar-refractivity contribution in [1.82, 2.24) is 9.80 Å². The Kier molecular flexibility index (Phi) is 5.25. The van der Waals surface area contributed by atoms with Gasteiger partial charge >= 0.3 is 0 Å². The van der Waals surface area contributed by atoms with E-state index in [2.05, 4.69) is 0 Å². The van der Waals surface area contributed by atoms with Gasteiger partial charge < -0.3 is 14.5 Å². The lowest BCUT2D eigenvalue weighted by molar-refractivity contribution is -0.150. The molecule has 6 heteroatoms. The first-order valence-corrected chi connectivity index (χ1v) is 9.57. The molecule has 2 aliphatic heterocycles. The van der Waals surface area contributed by atoms with E-state index in [0.29, 0.717) is 26.2 Å². The zero-order valence-electron chi connectivity index (χ0n) is 14.5. The zero-order valence-corrected chi connectivity index (χ0v) is 15.4. The zero-order chi connectivity index (χ0) is 17.2. The fraction of sp³-hybridized carbons (Fsp3) is 0.667. The van der Waals surface area contributed by atoms with E-state index < -0.39 is 0 Å². The summed E-state index contributed by atoms with van der Waals surface area (Å²) in [6.07, 6.45) is 3.57. The summed E-state index contributed by atoms with van der Waals surface area (Å²) in [4.78, 5) is 30.5. The Morgan fingerprint density at radius 1 is 1.29 bits per heavy atom. The van der Waals surface area contributed by atoms with Crippen LogP contribution in [0.1, 0.15) is 40.9 Å². The second-order valence-corrected chi connectivity index (χ2v) is 7.97. The minimum Gasteiger partial charge on any atom is -0.383 e. The van der Waals surface area contributed by atoms with Gasteiger partial charge in [-0.05, 0) is 44.1 Å². The summed E-state index contributed by atoms with van der Waals surface area (Å²) >= 11 is 1.61. The molecule has 3 rings (SSSR count). The van der Waals surface area contributed by atoms with E-state index in [0.717, 1.165) is 42.7 Å². The van der Waals surface area contributed by atoms with Gasteiger partial charge in [0.05, 0.1) is 17.6 Å². The number of likely N-dealkylation sites (tertiary alicyclic amines) is 2. The molecule has 0 radical (unpaired) electrons. The molecule has 1 spiro atoms. The largest absolute Gasteiger partial charge is 0.383 e. The van der Waals surface area contributed by atoms with Gasteiger partial charge in [0.2, 0.25) is 5.91 Å². The molecule has 5 nitrogen and oxygen atoms in total. The number of carbonyl (C=O) groups excluding carboxylic acids is 2. The molecule has 0 atom stereocenters. The second kappa shape index (κ2) is 7.23.